The van der Waals surface area contributed by atoms with Crippen molar-refractivity contribution >= 4 is 5.97 Å². The lowest BCUT2D eigenvalue weighted by atomic mass is 9.91. The quantitative estimate of drug-likeness (QED) is 0.548. The largest absolute Gasteiger partial charge is 0.501 e. The first-order valence-electron chi connectivity index (χ1n) is 7.57. The van der Waals surface area contributed by atoms with Gasteiger partial charge in [-0.05, 0) is 71.3 Å². The molecule has 0 bridgehead atoms. The van der Waals surface area contributed by atoms with Crippen LogP contribution in [0.3, 0.4) is 0 Å². The zero-order valence-electron chi connectivity index (χ0n) is 15.6. The zero-order chi connectivity index (χ0) is 18.4. The number of carbonyl (C=O) groups is 1. The standard InChI is InChI=1S/C19H30O4/c1-12(2)16(17(18(20)21)23-19(6,7)8)15(5)13(3)10-11-14(4)22-9/h10-11,17H,5H2,1-4,6-9H3,(H,20,21). The first kappa shape index (κ1) is 21.2. The number of rotatable bonds is 7. The summed E-state index contributed by atoms with van der Waals surface area (Å²) in [6.45, 7) is 17.0. The van der Waals surface area contributed by atoms with Crippen molar-refractivity contribution in [2.45, 2.75) is 60.2 Å². The summed E-state index contributed by atoms with van der Waals surface area (Å²) in [4.78, 5) is 11.7. The Morgan fingerprint density at radius 2 is 1.65 bits per heavy atom. The number of allylic oxidation sites excluding steroid dienone is 5. The molecular weight excluding hydrogens is 292 g/mol. The molecule has 0 rings (SSSR count). The number of ether oxygens (including phenoxy) is 2. The van der Waals surface area contributed by atoms with Crippen LogP contribution in [0.1, 0.15) is 48.5 Å². The van der Waals surface area contributed by atoms with Crippen LogP contribution in [0.5, 0.6) is 0 Å². The van der Waals surface area contributed by atoms with Crippen molar-refractivity contribution in [3.63, 3.8) is 0 Å². The maximum absolute atomic E-state index is 11.7. The molecule has 0 heterocycles. The Morgan fingerprint density at radius 3 is 2.00 bits per heavy atom. The summed E-state index contributed by atoms with van der Waals surface area (Å²) >= 11 is 0. The lowest BCUT2D eigenvalue weighted by Crippen LogP contribution is -2.35. The van der Waals surface area contributed by atoms with Crippen LogP contribution in [-0.4, -0.2) is 29.9 Å². The van der Waals surface area contributed by atoms with Crippen LogP contribution in [0.2, 0.25) is 0 Å². The third-order valence-electron chi connectivity index (χ3n) is 3.19. The molecule has 1 unspecified atom stereocenters. The molecule has 0 aliphatic rings. The molecule has 0 fully saturated rings. The Balaban J connectivity index is 5.77. The lowest BCUT2D eigenvalue weighted by Gasteiger charge is -2.28. The van der Waals surface area contributed by atoms with Crippen molar-refractivity contribution in [2.75, 3.05) is 7.11 Å². The van der Waals surface area contributed by atoms with Gasteiger partial charge in [0.25, 0.3) is 0 Å². The van der Waals surface area contributed by atoms with Crippen molar-refractivity contribution in [2.24, 2.45) is 0 Å². The molecule has 0 spiro atoms. The summed E-state index contributed by atoms with van der Waals surface area (Å²) in [7, 11) is 1.60. The van der Waals surface area contributed by atoms with Crippen molar-refractivity contribution < 1.29 is 19.4 Å². The summed E-state index contributed by atoms with van der Waals surface area (Å²) in [5, 5.41) is 9.59. The Hall–Kier alpha value is -1.81. The molecule has 0 aromatic rings. The molecule has 0 saturated heterocycles. The van der Waals surface area contributed by atoms with Gasteiger partial charge in [-0.1, -0.05) is 18.2 Å². The van der Waals surface area contributed by atoms with Crippen LogP contribution >= 0.6 is 0 Å². The van der Waals surface area contributed by atoms with Crippen LogP contribution in [0.25, 0.3) is 0 Å². The van der Waals surface area contributed by atoms with Gasteiger partial charge in [0.15, 0.2) is 6.10 Å². The highest BCUT2D eigenvalue weighted by molar-refractivity contribution is 5.79. The minimum absolute atomic E-state index is 0.575. The molecule has 4 heteroatoms. The van der Waals surface area contributed by atoms with Gasteiger partial charge in [0.05, 0.1) is 18.5 Å². The maximum Gasteiger partial charge on any atom is 0.337 e. The maximum atomic E-state index is 11.7. The Morgan fingerprint density at radius 1 is 1.13 bits per heavy atom. The predicted octanol–water partition coefficient (Wildman–Crippen LogP) is 4.64. The van der Waals surface area contributed by atoms with Crippen LogP contribution < -0.4 is 0 Å². The fraction of sp³-hybridized carbons (Fsp3) is 0.526. The second-order valence-corrected chi connectivity index (χ2v) is 6.67. The van der Waals surface area contributed by atoms with E-state index in [1.807, 2.05) is 60.6 Å². The molecule has 0 radical (unpaired) electrons. The lowest BCUT2D eigenvalue weighted by molar-refractivity contribution is -0.155. The third-order valence-corrected chi connectivity index (χ3v) is 3.19. The molecule has 1 N–H and O–H groups in total. The second-order valence-electron chi connectivity index (χ2n) is 6.67. The Bertz CT molecular complexity index is 538. The predicted molar refractivity (Wildman–Crippen MR) is 94.3 cm³/mol. The van der Waals surface area contributed by atoms with Gasteiger partial charge in [-0.15, -0.1) is 0 Å². The van der Waals surface area contributed by atoms with Gasteiger partial charge < -0.3 is 14.6 Å². The molecule has 0 saturated carbocycles. The molecule has 0 aromatic heterocycles. The number of methoxy groups -OCH3 is 1. The summed E-state index contributed by atoms with van der Waals surface area (Å²) < 4.78 is 10.9. The SMILES string of the molecule is C=C(C(C)=CC=C(C)OC)C(=C(C)C)C(OC(C)(C)C)C(=O)O. The molecule has 4 nitrogen and oxygen atoms in total. The highest BCUT2D eigenvalue weighted by Gasteiger charge is 2.30. The monoisotopic (exact) mass is 322 g/mol. The fourth-order valence-electron chi connectivity index (χ4n) is 1.93. The van der Waals surface area contributed by atoms with Crippen molar-refractivity contribution in [1.29, 1.82) is 0 Å². The second kappa shape index (κ2) is 8.73. The van der Waals surface area contributed by atoms with Gasteiger partial charge >= 0.3 is 5.97 Å². The number of aliphatic carboxylic acids is 1. The van der Waals surface area contributed by atoms with E-state index in [0.29, 0.717) is 11.1 Å². The minimum Gasteiger partial charge on any atom is -0.501 e. The Kier molecular flexibility index (Phi) is 8.04. The molecule has 0 aliphatic carbocycles. The van der Waals surface area contributed by atoms with Gasteiger partial charge in [0.1, 0.15) is 0 Å². The van der Waals surface area contributed by atoms with Gasteiger partial charge in [-0.3, -0.25) is 0 Å². The first-order chi connectivity index (χ1) is 10.4. The van der Waals surface area contributed by atoms with Crippen molar-refractivity contribution in [1.82, 2.24) is 0 Å². The van der Waals surface area contributed by atoms with E-state index in [1.54, 1.807) is 7.11 Å². The topological polar surface area (TPSA) is 55.8 Å². The van der Waals surface area contributed by atoms with Crippen LogP contribution in [0.4, 0.5) is 0 Å². The van der Waals surface area contributed by atoms with E-state index in [1.165, 1.54) is 0 Å². The van der Waals surface area contributed by atoms with E-state index in [2.05, 4.69) is 6.58 Å². The number of hydrogen-bond acceptors (Lipinski definition) is 3. The normalized spacial score (nSPS) is 14.3. The van der Waals surface area contributed by atoms with E-state index >= 15 is 0 Å². The fourth-order valence-corrected chi connectivity index (χ4v) is 1.93. The minimum atomic E-state index is -1.05. The first-order valence-corrected chi connectivity index (χ1v) is 7.57. The summed E-state index contributed by atoms with van der Waals surface area (Å²) in [5.74, 6) is -0.259. The van der Waals surface area contributed by atoms with Crippen LogP contribution in [0, 0.1) is 0 Å². The molecule has 0 aliphatic heterocycles. The van der Waals surface area contributed by atoms with E-state index in [4.69, 9.17) is 9.47 Å². The average molecular weight is 322 g/mol. The highest BCUT2D eigenvalue weighted by Crippen LogP contribution is 2.28. The summed E-state index contributed by atoms with van der Waals surface area (Å²) in [6.07, 6.45) is 2.63. The third kappa shape index (κ3) is 7.33. The Labute approximate surface area is 140 Å². The van der Waals surface area contributed by atoms with Gasteiger partial charge in [-0.25, -0.2) is 4.79 Å². The van der Waals surface area contributed by atoms with E-state index in [9.17, 15) is 9.90 Å². The molecule has 0 amide bonds. The number of hydrogen-bond donors (Lipinski definition) is 1. The smallest absolute Gasteiger partial charge is 0.337 e. The zero-order valence-corrected chi connectivity index (χ0v) is 15.6. The molecule has 1 atom stereocenters. The van der Waals surface area contributed by atoms with Crippen molar-refractivity contribution in [3.05, 3.63) is 46.8 Å². The summed E-state index contributed by atoms with van der Waals surface area (Å²) in [6, 6.07) is 0. The molecule has 130 valence electrons. The highest BCUT2D eigenvalue weighted by atomic mass is 16.5. The summed E-state index contributed by atoms with van der Waals surface area (Å²) in [5.41, 5.74) is 2.41. The van der Waals surface area contributed by atoms with Crippen LogP contribution in [0.15, 0.2) is 46.8 Å². The van der Waals surface area contributed by atoms with Gasteiger partial charge in [0.2, 0.25) is 0 Å². The average Bonchev–Trinajstić information content (AvgIpc) is 2.41. The molecule has 23 heavy (non-hydrogen) atoms. The van der Waals surface area contributed by atoms with E-state index in [0.717, 1.165) is 16.9 Å². The number of carboxylic acids is 1. The van der Waals surface area contributed by atoms with Gasteiger partial charge in [-0.2, -0.15) is 0 Å². The van der Waals surface area contributed by atoms with E-state index in [-0.39, 0.29) is 0 Å². The van der Waals surface area contributed by atoms with E-state index < -0.39 is 17.7 Å². The van der Waals surface area contributed by atoms with Gasteiger partial charge in [0, 0.05) is 0 Å². The molecular formula is C19H30O4. The van der Waals surface area contributed by atoms with Crippen molar-refractivity contribution in [3.8, 4) is 0 Å². The molecule has 0 aromatic carbocycles. The number of carboxylic acid groups (broad SMARTS) is 1. The van der Waals surface area contributed by atoms with Crippen LogP contribution in [-0.2, 0) is 14.3 Å².